The Morgan fingerprint density at radius 1 is 1.56 bits per heavy atom. The zero-order valence-corrected chi connectivity index (χ0v) is 10.9. The summed E-state index contributed by atoms with van der Waals surface area (Å²) in [5.41, 5.74) is 0. The maximum Gasteiger partial charge on any atom is 0.309 e. The molecule has 2 atom stereocenters. The van der Waals surface area contributed by atoms with Crippen molar-refractivity contribution in [1.29, 1.82) is 0 Å². The Balaban J connectivity index is 2.43. The Hall–Kier alpha value is -0.610. The summed E-state index contributed by atoms with van der Waals surface area (Å²) in [7, 11) is 5.65. The van der Waals surface area contributed by atoms with Gasteiger partial charge in [0.05, 0.1) is 13.0 Å². The van der Waals surface area contributed by atoms with Crippen molar-refractivity contribution < 1.29 is 9.53 Å². The lowest BCUT2D eigenvalue weighted by molar-refractivity contribution is -0.145. The second-order valence-electron chi connectivity index (χ2n) is 4.98. The smallest absolute Gasteiger partial charge is 0.309 e. The van der Waals surface area contributed by atoms with Crippen LogP contribution < -0.4 is 0 Å². The number of esters is 1. The Bertz CT molecular complexity index is 231. The first kappa shape index (κ1) is 13.5. The summed E-state index contributed by atoms with van der Waals surface area (Å²) < 4.78 is 4.76. The molecule has 0 radical (unpaired) electrons. The van der Waals surface area contributed by atoms with Gasteiger partial charge >= 0.3 is 5.97 Å². The number of likely N-dealkylation sites (N-methyl/N-ethyl adjacent to an activating group) is 1. The van der Waals surface area contributed by atoms with Crippen LogP contribution in [-0.4, -0.2) is 62.7 Å². The van der Waals surface area contributed by atoms with Crippen molar-refractivity contribution >= 4 is 5.97 Å². The molecule has 1 aliphatic heterocycles. The van der Waals surface area contributed by atoms with E-state index < -0.39 is 0 Å². The molecule has 1 rings (SSSR count). The zero-order chi connectivity index (χ0) is 12.1. The molecule has 0 bridgehead atoms. The number of methoxy groups -OCH3 is 1. The standard InChI is InChI=1S/C12H24N2O2/c1-10(12(15)16-4)8-14-7-5-6-11(14)9-13(2)3/h10-11H,5-9H2,1-4H3. The maximum absolute atomic E-state index is 11.4. The Morgan fingerprint density at radius 3 is 2.81 bits per heavy atom. The average Bonchev–Trinajstić information content (AvgIpc) is 2.63. The SMILES string of the molecule is COC(=O)C(C)CN1CCCC1CN(C)C. The second kappa shape index (κ2) is 6.21. The number of carbonyl (C=O) groups is 1. The molecule has 0 aromatic heterocycles. The lowest BCUT2D eigenvalue weighted by Crippen LogP contribution is -2.41. The van der Waals surface area contributed by atoms with Gasteiger partial charge in [0.25, 0.3) is 0 Å². The number of rotatable bonds is 5. The van der Waals surface area contributed by atoms with Gasteiger partial charge in [0.1, 0.15) is 0 Å². The third-order valence-electron chi connectivity index (χ3n) is 3.19. The molecule has 1 heterocycles. The van der Waals surface area contributed by atoms with Crippen LogP contribution in [0.1, 0.15) is 19.8 Å². The highest BCUT2D eigenvalue weighted by Crippen LogP contribution is 2.19. The van der Waals surface area contributed by atoms with Crippen LogP contribution in [0.3, 0.4) is 0 Å². The van der Waals surface area contributed by atoms with E-state index in [0.29, 0.717) is 6.04 Å². The summed E-state index contributed by atoms with van der Waals surface area (Å²) in [6.45, 7) is 4.95. The van der Waals surface area contributed by atoms with Crippen LogP contribution in [0.4, 0.5) is 0 Å². The monoisotopic (exact) mass is 228 g/mol. The molecule has 1 fully saturated rings. The summed E-state index contributed by atoms with van der Waals surface area (Å²) >= 11 is 0. The molecular formula is C12H24N2O2. The number of hydrogen-bond donors (Lipinski definition) is 0. The molecule has 0 N–H and O–H groups in total. The minimum absolute atomic E-state index is 0.0206. The third kappa shape index (κ3) is 3.76. The van der Waals surface area contributed by atoms with Crippen molar-refractivity contribution in [3.05, 3.63) is 0 Å². The first-order valence-electron chi connectivity index (χ1n) is 6.01. The van der Waals surface area contributed by atoms with E-state index in [2.05, 4.69) is 23.9 Å². The normalized spacial score (nSPS) is 23.7. The molecule has 1 saturated heterocycles. The third-order valence-corrected chi connectivity index (χ3v) is 3.19. The highest BCUT2D eigenvalue weighted by atomic mass is 16.5. The summed E-state index contributed by atoms with van der Waals surface area (Å²) in [6, 6.07) is 0.599. The fraction of sp³-hybridized carbons (Fsp3) is 0.917. The van der Waals surface area contributed by atoms with E-state index in [1.54, 1.807) is 0 Å². The second-order valence-corrected chi connectivity index (χ2v) is 4.98. The van der Waals surface area contributed by atoms with Gasteiger partial charge in [-0.25, -0.2) is 0 Å². The molecule has 4 heteroatoms. The number of carbonyl (C=O) groups excluding carboxylic acids is 1. The highest BCUT2D eigenvalue weighted by molar-refractivity contribution is 5.72. The van der Waals surface area contributed by atoms with Gasteiger partial charge in [0.15, 0.2) is 0 Å². The predicted octanol–water partition coefficient (Wildman–Crippen LogP) is 0.821. The van der Waals surface area contributed by atoms with E-state index in [1.165, 1.54) is 20.0 Å². The van der Waals surface area contributed by atoms with Crippen molar-refractivity contribution in [2.24, 2.45) is 5.92 Å². The lowest BCUT2D eigenvalue weighted by Gasteiger charge is -2.28. The van der Waals surface area contributed by atoms with Crippen molar-refractivity contribution in [1.82, 2.24) is 9.80 Å². The summed E-state index contributed by atoms with van der Waals surface area (Å²) in [6.07, 6.45) is 2.48. The largest absolute Gasteiger partial charge is 0.469 e. The number of ether oxygens (including phenoxy) is 1. The Morgan fingerprint density at radius 2 is 2.25 bits per heavy atom. The van der Waals surface area contributed by atoms with Gasteiger partial charge in [-0.3, -0.25) is 9.69 Å². The topological polar surface area (TPSA) is 32.8 Å². The molecule has 0 aromatic carbocycles. The molecule has 16 heavy (non-hydrogen) atoms. The van der Waals surface area contributed by atoms with Crippen LogP contribution >= 0.6 is 0 Å². The van der Waals surface area contributed by atoms with E-state index >= 15 is 0 Å². The van der Waals surface area contributed by atoms with Crippen LogP contribution in [0.5, 0.6) is 0 Å². The average molecular weight is 228 g/mol. The first-order chi connectivity index (χ1) is 7.54. The van der Waals surface area contributed by atoms with Gasteiger partial charge in [0, 0.05) is 19.1 Å². The first-order valence-corrected chi connectivity index (χ1v) is 6.01. The Labute approximate surface area is 98.5 Å². The van der Waals surface area contributed by atoms with Crippen LogP contribution in [-0.2, 0) is 9.53 Å². The molecule has 2 unspecified atom stereocenters. The summed E-state index contributed by atoms with van der Waals surface area (Å²) in [5.74, 6) is -0.122. The molecule has 4 nitrogen and oxygen atoms in total. The number of hydrogen-bond acceptors (Lipinski definition) is 4. The van der Waals surface area contributed by atoms with E-state index in [1.807, 2.05) is 6.92 Å². The molecule has 0 aliphatic carbocycles. The Kier molecular flexibility index (Phi) is 5.22. The fourth-order valence-corrected chi connectivity index (χ4v) is 2.39. The lowest BCUT2D eigenvalue weighted by atomic mass is 10.1. The fourth-order valence-electron chi connectivity index (χ4n) is 2.39. The molecule has 1 aliphatic rings. The van der Waals surface area contributed by atoms with Crippen LogP contribution in [0, 0.1) is 5.92 Å². The number of nitrogens with zero attached hydrogens (tertiary/aromatic N) is 2. The van der Waals surface area contributed by atoms with Gasteiger partial charge in [-0.05, 0) is 33.5 Å². The van der Waals surface area contributed by atoms with Gasteiger partial charge in [-0.1, -0.05) is 6.92 Å². The van der Waals surface area contributed by atoms with Crippen molar-refractivity contribution in [2.75, 3.05) is 40.8 Å². The highest BCUT2D eigenvalue weighted by Gasteiger charge is 2.27. The number of likely N-dealkylation sites (tertiary alicyclic amines) is 1. The summed E-state index contributed by atoms with van der Waals surface area (Å²) in [5, 5.41) is 0. The van der Waals surface area contributed by atoms with E-state index in [4.69, 9.17) is 4.74 Å². The van der Waals surface area contributed by atoms with E-state index in [0.717, 1.165) is 19.6 Å². The zero-order valence-electron chi connectivity index (χ0n) is 10.9. The summed E-state index contributed by atoms with van der Waals surface area (Å²) in [4.78, 5) is 16.0. The molecule has 0 saturated carbocycles. The minimum atomic E-state index is -0.101. The van der Waals surface area contributed by atoms with Crippen molar-refractivity contribution in [2.45, 2.75) is 25.8 Å². The molecule has 0 aromatic rings. The molecule has 0 spiro atoms. The van der Waals surface area contributed by atoms with Crippen LogP contribution in [0.2, 0.25) is 0 Å². The van der Waals surface area contributed by atoms with Gasteiger partial charge in [-0.2, -0.15) is 0 Å². The minimum Gasteiger partial charge on any atom is -0.469 e. The maximum atomic E-state index is 11.4. The van der Waals surface area contributed by atoms with Crippen molar-refractivity contribution in [3.8, 4) is 0 Å². The quantitative estimate of drug-likeness (QED) is 0.652. The molecule has 94 valence electrons. The van der Waals surface area contributed by atoms with Gasteiger partial charge in [0.2, 0.25) is 0 Å². The van der Waals surface area contributed by atoms with Gasteiger partial charge < -0.3 is 9.64 Å². The van der Waals surface area contributed by atoms with Crippen LogP contribution in [0.15, 0.2) is 0 Å². The molecular weight excluding hydrogens is 204 g/mol. The van der Waals surface area contributed by atoms with Crippen LogP contribution in [0.25, 0.3) is 0 Å². The van der Waals surface area contributed by atoms with E-state index in [-0.39, 0.29) is 11.9 Å². The van der Waals surface area contributed by atoms with Gasteiger partial charge in [-0.15, -0.1) is 0 Å². The van der Waals surface area contributed by atoms with E-state index in [9.17, 15) is 4.79 Å². The predicted molar refractivity (Wildman–Crippen MR) is 64.3 cm³/mol. The van der Waals surface area contributed by atoms with Crippen molar-refractivity contribution in [3.63, 3.8) is 0 Å². The molecule has 0 amide bonds.